The predicted octanol–water partition coefficient (Wildman–Crippen LogP) is 1.31. The summed E-state index contributed by atoms with van der Waals surface area (Å²) in [7, 11) is 0. The third-order valence-electron chi connectivity index (χ3n) is 2.07. The summed E-state index contributed by atoms with van der Waals surface area (Å²) in [5.41, 5.74) is 0. The molecule has 2 rings (SSSR count). The maximum absolute atomic E-state index is 13.3. The summed E-state index contributed by atoms with van der Waals surface area (Å²) in [4.78, 5) is 7.75. The van der Waals surface area contributed by atoms with Crippen molar-refractivity contribution in [3.8, 4) is 0 Å². The van der Waals surface area contributed by atoms with Gasteiger partial charge in [-0.25, -0.2) is 14.4 Å². The molecule has 1 N–H and O–H groups in total. The van der Waals surface area contributed by atoms with Crippen molar-refractivity contribution in [1.29, 1.82) is 0 Å². The summed E-state index contributed by atoms with van der Waals surface area (Å²) >= 11 is 0. The third-order valence-corrected chi connectivity index (χ3v) is 2.07. The van der Waals surface area contributed by atoms with Gasteiger partial charge in [-0.15, -0.1) is 0 Å². The second-order valence-corrected chi connectivity index (χ2v) is 3.50. The number of anilines is 1. The van der Waals surface area contributed by atoms with Gasteiger partial charge < -0.3 is 5.32 Å². The molecule has 0 fully saturated rings. The molecule has 2 aromatic heterocycles. The van der Waals surface area contributed by atoms with Crippen LogP contribution in [0.5, 0.6) is 0 Å². The van der Waals surface area contributed by atoms with Crippen molar-refractivity contribution in [2.45, 2.75) is 19.5 Å². The molecule has 0 saturated carbocycles. The molecular weight excluding hydrogens is 209 g/mol. The van der Waals surface area contributed by atoms with Crippen LogP contribution in [-0.2, 0) is 6.54 Å². The van der Waals surface area contributed by atoms with E-state index < -0.39 is 0 Å². The van der Waals surface area contributed by atoms with Crippen LogP contribution in [0.15, 0.2) is 31.0 Å². The van der Waals surface area contributed by atoms with Crippen LogP contribution in [-0.4, -0.2) is 25.8 Å². The number of hydrogen-bond acceptors (Lipinski definition) is 4. The molecule has 0 amide bonds. The Morgan fingerprint density at radius 2 is 2.44 bits per heavy atom. The van der Waals surface area contributed by atoms with E-state index in [9.17, 15) is 4.39 Å². The topological polar surface area (TPSA) is 55.6 Å². The summed E-state index contributed by atoms with van der Waals surface area (Å²) in [5, 5.41) is 6.95. The number of halogens is 1. The van der Waals surface area contributed by atoms with Crippen LogP contribution in [0.2, 0.25) is 0 Å². The first kappa shape index (κ1) is 10.5. The Kier molecular flexibility index (Phi) is 3.09. The van der Waals surface area contributed by atoms with E-state index in [0.29, 0.717) is 6.54 Å². The van der Waals surface area contributed by atoms with Gasteiger partial charge in [-0.05, 0) is 19.1 Å². The van der Waals surface area contributed by atoms with E-state index in [0.717, 1.165) is 0 Å². The lowest BCUT2D eigenvalue weighted by Gasteiger charge is -2.14. The van der Waals surface area contributed by atoms with E-state index in [1.54, 1.807) is 23.3 Å². The second kappa shape index (κ2) is 4.69. The Bertz CT molecular complexity index is 442. The van der Waals surface area contributed by atoms with Crippen molar-refractivity contribution in [3.63, 3.8) is 0 Å². The Morgan fingerprint density at radius 3 is 3.12 bits per heavy atom. The molecule has 5 nitrogen and oxygen atoms in total. The van der Waals surface area contributed by atoms with Crippen LogP contribution in [0.4, 0.5) is 10.2 Å². The molecule has 2 aromatic rings. The number of nitrogens with zero attached hydrogens (tertiary/aromatic N) is 4. The largest absolute Gasteiger partial charge is 0.363 e. The molecule has 0 spiro atoms. The average Bonchev–Trinajstić information content (AvgIpc) is 2.74. The maximum atomic E-state index is 13.3. The van der Waals surface area contributed by atoms with Crippen LogP contribution in [0, 0.1) is 5.82 Å². The molecule has 6 heteroatoms. The number of nitrogens with one attached hydrogen (secondary N) is 1. The minimum atomic E-state index is -0.354. The smallest absolute Gasteiger partial charge is 0.165 e. The van der Waals surface area contributed by atoms with Crippen molar-refractivity contribution in [2.75, 3.05) is 5.32 Å². The lowest BCUT2D eigenvalue weighted by Crippen LogP contribution is -2.23. The van der Waals surface area contributed by atoms with E-state index in [1.165, 1.54) is 12.4 Å². The van der Waals surface area contributed by atoms with Gasteiger partial charge in [-0.3, -0.25) is 4.68 Å². The summed E-state index contributed by atoms with van der Waals surface area (Å²) in [6, 6.07) is 2.95. The fraction of sp³-hybridized carbons (Fsp3) is 0.300. The average molecular weight is 221 g/mol. The molecule has 0 bridgehead atoms. The zero-order chi connectivity index (χ0) is 11.4. The quantitative estimate of drug-likeness (QED) is 0.845. The molecule has 0 aliphatic heterocycles. The first-order valence-electron chi connectivity index (χ1n) is 4.95. The number of aromatic nitrogens is 4. The van der Waals surface area contributed by atoms with E-state index in [2.05, 4.69) is 20.4 Å². The predicted molar refractivity (Wildman–Crippen MR) is 57.3 cm³/mol. The molecule has 84 valence electrons. The minimum absolute atomic E-state index is 0.0195. The molecule has 2 heterocycles. The van der Waals surface area contributed by atoms with E-state index in [4.69, 9.17) is 0 Å². The standard InChI is InChI=1S/C10H12FN5/c1-8(5-16-7-12-6-14-16)15-10-9(11)3-2-4-13-10/h2-4,6-8H,5H2,1H3,(H,13,15)/t8-/m1/s1. The first-order chi connectivity index (χ1) is 7.75. The van der Waals surface area contributed by atoms with E-state index in [-0.39, 0.29) is 17.7 Å². The summed E-state index contributed by atoms with van der Waals surface area (Å²) in [5.74, 6) is -0.0944. The Hall–Kier alpha value is -1.98. The van der Waals surface area contributed by atoms with Crippen LogP contribution >= 0.6 is 0 Å². The molecule has 0 aromatic carbocycles. The van der Waals surface area contributed by atoms with Crippen molar-refractivity contribution in [2.24, 2.45) is 0 Å². The second-order valence-electron chi connectivity index (χ2n) is 3.50. The van der Waals surface area contributed by atoms with Gasteiger partial charge in [-0.2, -0.15) is 5.10 Å². The van der Waals surface area contributed by atoms with Gasteiger partial charge in [0.2, 0.25) is 0 Å². The Morgan fingerprint density at radius 1 is 1.56 bits per heavy atom. The monoisotopic (exact) mass is 221 g/mol. The molecule has 0 saturated heterocycles. The molecule has 0 unspecified atom stereocenters. The van der Waals surface area contributed by atoms with Crippen LogP contribution < -0.4 is 5.32 Å². The van der Waals surface area contributed by atoms with Crippen LogP contribution in [0.1, 0.15) is 6.92 Å². The summed E-state index contributed by atoms with van der Waals surface area (Å²) in [6.45, 7) is 2.53. The van der Waals surface area contributed by atoms with Crippen molar-refractivity contribution in [1.82, 2.24) is 19.7 Å². The zero-order valence-electron chi connectivity index (χ0n) is 8.84. The van der Waals surface area contributed by atoms with Gasteiger partial charge in [0.05, 0.1) is 6.54 Å². The summed E-state index contributed by atoms with van der Waals surface area (Å²) in [6.07, 6.45) is 4.63. The third kappa shape index (κ3) is 2.53. The Labute approximate surface area is 92.3 Å². The van der Waals surface area contributed by atoms with Gasteiger partial charge in [0.15, 0.2) is 11.6 Å². The van der Waals surface area contributed by atoms with Gasteiger partial charge in [0, 0.05) is 12.2 Å². The first-order valence-corrected chi connectivity index (χ1v) is 4.95. The van der Waals surface area contributed by atoms with Crippen LogP contribution in [0.3, 0.4) is 0 Å². The van der Waals surface area contributed by atoms with E-state index >= 15 is 0 Å². The molecule has 0 aliphatic rings. The Balaban J connectivity index is 1.97. The molecule has 1 atom stereocenters. The van der Waals surface area contributed by atoms with Crippen molar-refractivity contribution in [3.05, 3.63) is 36.8 Å². The molecule has 16 heavy (non-hydrogen) atoms. The van der Waals surface area contributed by atoms with E-state index in [1.807, 2.05) is 6.92 Å². The van der Waals surface area contributed by atoms with Gasteiger partial charge in [0.25, 0.3) is 0 Å². The molecule has 0 radical (unpaired) electrons. The van der Waals surface area contributed by atoms with Crippen LogP contribution in [0.25, 0.3) is 0 Å². The fourth-order valence-electron chi connectivity index (χ4n) is 1.38. The number of rotatable bonds is 4. The highest BCUT2D eigenvalue weighted by Crippen LogP contribution is 2.10. The van der Waals surface area contributed by atoms with Gasteiger partial charge >= 0.3 is 0 Å². The SMILES string of the molecule is C[C@H](Cn1cncn1)Nc1ncccc1F. The normalized spacial score (nSPS) is 12.4. The molecular formula is C10H12FN5. The van der Waals surface area contributed by atoms with Crippen molar-refractivity contribution < 1.29 is 4.39 Å². The lowest BCUT2D eigenvalue weighted by atomic mass is 10.3. The van der Waals surface area contributed by atoms with Gasteiger partial charge in [0.1, 0.15) is 12.7 Å². The highest BCUT2D eigenvalue weighted by molar-refractivity contribution is 5.36. The zero-order valence-corrected chi connectivity index (χ0v) is 8.84. The highest BCUT2D eigenvalue weighted by Gasteiger charge is 2.07. The lowest BCUT2D eigenvalue weighted by molar-refractivity contribution is 0.551. The van der Waals surface area contributed by atoms with Crippen molar-refractivity contribution >= 4 is 5.82 Å². The highest BCUT2D eigenvalue weighted by atomic mass is 19.1. The number of hydrogen-bond donors (Lipinski definition) is 1. The molecule has 0 aliphatic carbocycles. The van der Waals surface area contributed by atoms with Gasteiger partial charge in [-0.1, -0.05) is 0 Å². The maximum Gasteiger partial charge on any atom is 0.165 e. The fourth-order valence-corrected chi connectivity index (χ4v) is 1.38. The minimum Gasteiger partial charge on any atom is -0.363 e. The summed E-state index contributed by atoms with van der Waals surface area (Å²) < 4.78 is 14.9. The number of pyridine rings is 1.